The Labute approximate surface area is 121 Å². The Morgan fingerprint density at radius 3 is 2.55 bits per heavy atom. The van der Waals surface area contributed by atoms with Crippen LogP contribution in [0.1, 0.15) is 43.4 Å². The monoisotopic (exact) mass is 275 g/mol. The molecular weight excluding hydrogens is 250 g/mol. The van der Waals surface area contributed by atoms with E-state index in [0.717, 1.165) is 44.3 Å². The summed E-state index contributed by atoms with van der Waals surface area (Å²) < 4.78 is 0. The van der Waals surface area contributed by atoms with Crippen LogP contribution in [0.25, 0.3) is 0 Å². The lowest BCUT2D eigenvalue weighted by atomic mass is 9.76. The maximum Gasteiger partial charge on any atom is 0.0951 e. The number of fused-ring (bicyclic) bond motifs is 1. The Kier molecular flexibility index (Phi) is 3.85. The molecule has 3 rings (SSSR count). The predicted molar refractivity (Wildman–Crippen MR) is 79.5 cm³/mol. The fraction of sp³-hybridized carbons (Fsp3) is 0.647. The van der Waals surface area contributed by atoms with Gasteiger partial charge in [-0.3, -0.25) is 4.90 Å². The summed E-state index contributed by atoms with van der Waals surface area (Å²) in [7, 11) is 0. The van der Waals surface area contributed by atoms with Crippen LogP contribution in [0.5, 0.6) is 0 Å². The van der Waals surface area contributed by atoms with Gasteiger partial charge in [-0.2, -0.15) is 0 Å². The standard InChI is InChI=1S/C17H25NO2/c1-2-17(12-19)7-9-18(10-8-17)15-11-13-5-3-4-6-14(13)16(15)20/h3-6,15-16,19-20H,2,7-12H2,1H3. The Bertz CT molecular complexity index is 460. The number of aliphatic hydroxyl groups excluding tert-OH is 2. The highest BCUT2D eigenvalue weighted by Crippen LogP contribution is 2.39. The lowest BCUT2D eigenvalue weighted by molar-refractivity contribution is -0.00651. The van der Waals surface area contributed by atoms with Crippen LogP contribution >= 0.6 is 0 Å². The van der Waals surface area contributed by atoms with E-state index in [9.17, 15) is 10.2 Å². The molecule has 20 heavy (non-hydrogen) atoms. The number of likely N-dealkylation sites (tertiary alicyclic amines) is 1. The SMILES string of the molecule is CCC1(CO)CCN(C2Cc3ccccc3C2O)CC1. The summed E-state index contributed by atoms with van der Waals surface area (Å²) in [5.74, 6) is 0. The van der Waals surface area contributed by atoms with E-state index in [-0.39, 0.29) is 17.6 Å². The van der Waals surface area contributed by atoms with E-state index in [0.29, 0.717) is 6.61 Å². The Morgan fingerprint density at radius 1 is 1.25 bits per heavy atom. The molecule has 110 valence electrons. The van der Waals surface area contributed by atoms with E-state index in [1.165, 1.54) is 5.56 Å². The van der Waals surface area contributed by atoms with Crippen molar-refractivity contribution in [1.82, 2.24) is 4.90 Å². The molecule has 2 atom stereocenters. The molecule has 2 unspecified atom stereocenters. The molecule has 0 spiro atoms. The van der Waals surface area contributed by atoms with Crippen molar-refractivity contribution in [3.8, 4) is 0 Å². The van der Waals surface area contributed by atoms with Gasteiger partial charge in [-0.05, 0) is 55.3 Å². The maximum atomic E-state index is 10.5. The van der Waals surface area contributed by atoms with Crippen molar-refractivity contribution >= 4 is 0 Å². The topological polar surface area (TPSA) is 43.7 Å². The molecule has 2 N–H and O–H groups in total. The summed E-state index contributed by atoms with van der Waals surface area (Å²) >= 11 is 0. The second kappa shape index (κ2) is 5.47. The largest absolute Gasteiger partial charge is 0.396 e. The van der Waals surface area contributed by atoms with Crippen molar-refractivity contribution in [2.24, 2.45) is 5.41 Å². The number of aliphatic hydroxyl groups is 2. The Hall–Kier alpha value is -0.900. The molecule has 1 saturated heterocycles. The Morgan fingerprint density at radius 2 is 1.95 bits per heavy atom. The minimum Gasteiger partial charge on any atom is -0.396 e. The molecule has 0 radical (unpaired) electrons. The first kappa shape index (κ1) is 14.1. The van der Waals surface area contributed by atoms with E-state index in [2.05, 4.69) is 24.0 Å². The number of nitrogens with zero attached hydrogens (tertiary/aromatic N) is 1. The van der Waals surface area contributed by atoms with Gasteiger partial charge in [0.05, 0.1) is 6.10 Å². The van der Waals surface area contributed by atoms with Crippen LogP contribution in [0, 0.1) is 5.41 Å². The van der Waals surface area contributed by atoms with E-state index in [4.69, 9.17) is 0 Å². The zero-order valence-corrected chi connectivity index (χ0v) is 12.3. The van der Waals surface area contributed by atoms with Crippen LogP contribution in [-0.4, -0.2) is 40.9 Å². The molecular formula is C17H25NO2. The molecule has 1 fully saturated rings. The van der Waals surface area contributed by atoms with Crippen LogP contribution in [0.15, 0.2) is 24.3 Å². The van der Waals surface area contributed by atoms with Crippen molar-refractivity contribution in [2.45, 2.75) is 44.8 Å². The maximum absolute atomic E-state index is 10.5. The lowest BCUT2D eigenvalue weighted by Crippen LogP contribution is -2.47. The van der Waals surface area contributed by atoms with Crippen LogP contribution in [0.2, 0.25) is 0 Å². The van der Waals surface area contributed by atoms with Gasteiger partial charge in [0.15, 0.2) is 0 Å². The smallest absolute Gasteiger partial charge is 0.0951 e. The third-order valence-electron chi connectivity index (χ3n) is 5.58. The predicted octanol–water partition coefficient (Wildman–Crippen LogP) is 2.13. The van der Waals surface area contributed by atoms with Gasteiger partial charge in [0, 0.05) is 12.6 Å². The van der Waals surface area contributed by atoms with Gasteiger partial charge < -0.3 is 10.2 Å². The molecule has 0 saturated carbocycles. The first-order valence-corrected chi connectivity index (χ1v) is 7.80. The zero-order chi connectivity index (χ0) is 14.2. The zero-order valence-electron chi connectivity index (χ0n) is 12.3. The average Bonchev–Trinajstić information content (AvgIpc) is 2.85. The minimum absolute atomic E-state index is 0.118. The molecule has 0 amide bonds. The molecule has 3 nitrogen and oxygen atoms in total. The van der Waals surface area contributed by atoms with Crippen LogP contribution in [0.4, 0.5) is 0 Å². The fourth-order valence-electron chi connectivity index (χ4n) is 3.84. The van der Waals surface area contributed by atoms with E-state index in [1.54, 1.807) is 0 Å². The molecule has 1 aliphatic carbocycles. The normalized spacial score (nSPS) is 29.4. The quantitative estimate of drug-likeness (QED) is 0.888. The Balaban J connectivity index is 1.69. The highest BCUT2D eigenvalue weighted by atomic mass is 16.3. The third-order valence-corrected chi connectivity index (χ3v) is 5.58. The number of piperidine rings is 1. The highest BCUT2D eigenvalue weighted by molar-refractivity contribution is 5.36. The molecule has 1 aromatic carbocycles. The molecule has 3 heteroatoms. The van der Waals surface area contributed by atoms with Crippen molar-refractivity contribution in [1.29, 1.82) is 0 Å². The minimum atomic E-state index is -0.352. The third kappa shape index (κ3) is 2.28. The molecule has 0 bridgehead atoms. The molecule has 1 aliphatic heterocycles. The van der Waals surface area contributed by atoms with Gasteiger partial charge in [-0.1, -0.05) is 31.2 Å². The highest BCUT2D eigenvalue weighted by Gasteiger charge is 2.39. The van der Waals surface area contributed by atoms with Crippen LogP contribution in [0.3, 0.4) is 0 Å². The van der Waals surface area contributed by atoms with Crippen molar-refractivity contribution in [2.75, 3.05) is 19.7 Å². The van der Waals surface area contributed by atoms with Gasteiger partial charge in [0.25, 0.3) is 0 Å². The van der Waals surface area contributed by atoms with Crippen molar-refractivity contribution in [3.63, 3.8) is 0 Å². The number of rotatable bonds is 3. The molecule has 0 aromatic heterocycles. The molecule has 1 aromatic rings. The first-order chi connectivity index (χ1) is 9.69. The van der Waals surface area contributed by atoms with Gasteiger partial charge >= 0.3 is 0 Å². The van der Waals surface area contributed by atoms with Crippen molar-refractivity contribution in [3.05, 3.63) is 35.4 Å². The summed E-state index contributed by atoms with van der Waals surface area (Å²) in [5, 5.41) is 20.2. The second-order valence-corrected chi connectivity index (χ2v) is 6.46. The van der Waals surface area contributed by atoms with Crippen LogP contribution < -0.4 is 0 Å². The number of hydrogen-bond donors (Lipinski definition) is 2. The summed E-state index contributed by atoms with van der Waals surface area (Å²) in [5.41, 5.74) is 2.51. The van der Waals surface area contributed by atoms with E-state index < -0.39 is 0 Å². The molecule has 2 aliphatic rings. The van der Waals surface area contributed by atoms with E-state index in [1.807, 2.05) is 12.1 Å². The lowest BCUT2D eigenvalue weighted by Gasteiger charge is -2.43. The summed E-state index contributed by atoms with van der Waals surface area (Å²) in [6, 6.07) is 8.47. The van der Waals surface area contributed by atoms with E-state index >= 15 is 0 Å². The number of benzene rings is 1. The summed E-state index contributed by atoms with van der Waals surface area (Å²) in [6.07, 6.45) is 3.73. The van der Waals surface area contributed by atoms with Crippen LogP contribution in [-0.2, 0) is 6.42 Å². The fourth-order valence-corrected chi connectivity index (χ4v) is 3.84. The van der Waals surface area contributed by atoms with Gasteiger partial charge in [0.2, 0.25) is 0 Å². The number of hydrogen-bond acceptors (Lipinski definition) is 3. The van der Waals surface area contributed by atoms with Gasteiger partial charge in [0.1, 0.15) is 0 Å². The second-order valence-electron chi connectivity index (χ2n) is 6.46. The summed E-state index contributed by atoms with van der Waals surface area (Å²) in [6.45, 7) is 4.45. The molecule has 1 heterocycles. The first-order valence-electron chi connectivity index (χ1n) is 7.80. The van der Waals surface area contributed by atoms with Crippen molar-refractivity contribution < 1.29 is 10.2 Å². The van der Waals surface area contributed by atoms with Gasteiger partial charge in [-0.15, -0.1) is 0 Å². The van der Waals surface area contributed by atoms with Gasteiger partial charge in [-0.25, -0.2) is 0 Å². The average molecular weight is 275 g/mol. The summed E-state index contributed by atoms with van der Waals surface area (Å²) in [4.78, 5) is 2.42.